The van der Waals surface area contributed by atoms with Gasteiger partial charge in [0, 0.05) is 0 Å². The summed E-state index contributed by atoms with van der Waals surface area (Å²) in [7, 11) is 0. The maximum Gasteiger partial charge on any atom is 0.263 e. The topological polar surface area (TPSA) is 49.3 Å². The summed E-state index contributed by atoms with van der Waals surface area (Å²) in [5.41, 5.74) is -0.461. The fraction of sp³-hybridized carbons (Fsp3) is 0.615. The third-order valence-electron chi connectivity index (χ3n) is 3.74. The van der Waals surface area contributed by atoms with Gasteiger partial charge in [0.05, 0.1) is 17.2 Å². The van der Waals surface area contributed by atoms with Crippen LogP contribution in [0.15, 0.2) is 11.4 Å². The smallest absolute Gasteiger partial charge is 0.263 e. The van der Waals surface area contributed by atoms with Gasteiger partial charge in [-0.3, -0.25) is 4.79 Å². The van der Waals surface area contributed by atoms with Crippen molar-refractivity contribution < 1.29 is 9.90 Å². The van der Waals surface area contributed by atoms with Gasteiger partial charge in [0.1, 0.15) is 4.88 Å². The fourth-order valence-corrected chi connectivity index (χ4v) is 3.43. The third-order valence-corrected chi connectivity index (χ3v) is 5.08. The number of rotatable bonds is 3. The lowest BCUT2D eigenvalue weighted by Gasteiger charge is -2.38. The van der Waals surface area contributed by atoms with Crippen LogP contribution < -0.4 is 5.32 Å². The number of carbonyl (C=O) groups is 1. The molecule has 0 bridgehead atoms. The molecule has 2 rings (SSSR count). The van der Waals surface area contributed by atoms with E-state index in [0.29, 0.717) is 15.8 Å². The lowest BCUT2D eigenvalue weighted by Crippen LogP contribution is -2.53. The fourth-order valence-electron chi connectivity index (χ4n) is 2.39. The Kier molecular flexibility index (Phi) is 4.30. The first-order valence-corrected chi connectivity index (χ1v) is 7.48. The van der Waals surface area contributed by atoms with E-state index in [-0.39, 0.29) is 12.5 Å². The van der Waals surface area contributed by atoms with Crippen LogP contribution in [-0.2, 0) is 0 Å². The number of aliphatic hydroxyl groups is 1. The van der Waals surface area contributed by atoms with Crippen LogP contribution in [0.2, 0.25) is 5.02 Å². The van der Waals surface area contributed by atoms with Crippen LogP contribution in [0.3, 0.4) is 0 Å². The number of thiophene rings is 1. The van der Waals surface area contributed by atoms with E-state index >= 15 is 0 Å². The van der Waals surface area contributed by atoms with Crippen LogP contribution in [0.5, 0.6) is 0 Å². The Labute approximate surface area is 116 Å². The van der Waals surface area contributed by atoms with Gasteiger partial charge < -0.3 is 10.4 Å². The molecule has 0 aromatic carbocycles. The van der Waals surface area contributed by atoms with Crippen molar-refractivity contribution in [2.75, 3.05) is 6.61 Å². The number of aliphatic hydroxyl groups excluding tert-OH is 1. The lowest BCUT2D eigenvalue weighted by molar-refractivity contribution is 0.0721. The number of hydrogen-bond acceptors (Lipinski definition) is 3. The van der Waals surface area contributed by atoms with Crippen molar-refractivity contribution >= 4 is 28.8 Å². The molecule has 1 heterocycles. The standard InChI is InChI=1S/C13H18ClNO2S/c1-9-2-5-13(8-16,6-3-9)15-12(17)11-10(14)4-7-18-11/h4,7,9,16H,2-3,5-6,8H2,1H3,(H,15,17). The highest BCUT2D eigenvalue weighted by Crippen LogP contribution is 2.32. The number of amides is 1. The number of carbonyl (C=O) groups excluding carboxylic acids is 1. The van der Waals surface area contributed by atoms with Gasteiger partial charge in [-0.2, -0.15) is 0 Å². The summed E-state index contributed by atoms with van der Waals surface area (Å²) >= 11 is 7.28. The molecular formula is C13H18ClNO2S. The zero-order valence-electron chi connectivity index (χ0n) is 10.4. The van der Waals surface area contributed by atoms with Crippen molar-refractivity contribution in [3.8, 4) is 0 Å². The molecular weight excluding hydrogens is 270 g/mol. The van der Waals surface area contributed by atoms with Gasteiger partial charge in [0.2, 0.25) is 0 Å². The second-order valence-corrected chi connectivity index (χ2v) is 6.50. The van der Waals surface area contributed by atoms with E-state index in [9.17, 15) is 9.90 Å². The maximum atomic E-state index is 12.1. The molecule has 0 atom stereocenters. The average molecular weight is 288 g/mol. The second kappa shape index (κ2) is 5.59. The molecule has 0 radical (unpaired) electrons. The Morgan fingerprint density at radius 1 is 1.61 bits per heavy atom. The quantitative estimate of drug-likeness (QED) is 0.898. The van der Waals surface area contributed by atoms with Gasteiger partial charge in [-0.1, -0.05) is 18.5 Å². The maximum absolute atomic E-state index is 12.1. The van der Waals surface area contributed by atoms with Crippen LogP contribution in [0, 0.1) is 5.92 Å². The zero-order chi connectivity index (χ0) is 13.2. The van der Waals surface area contributed by atoms with Crippen molar-refractivity contribution in [2.45, 2.75) is 38.1 Å². The molecule has 3 nitrogen and oxygen atoms in total. The van der Waals surface area contributed by atoms with Crippen LogP contribution >= 0.6 is 22.9 Å². The van der Waals surface area contributed by atoms with E-state index in [2.05, 4.69) is 12.2 Å². The molecule has 1 aromatic heterocycles. The molecule has 1 aliphatic carbocycles. The second-order valence-electron chi connectivity index (χ2n) is 5.17. The summed E-state index contributed by atoms with van der Waals surface area (Å²) in [6.07, 6.45) is 3.75. The molecule has 0 unspecified atom stereocenters. The SMILES string of the molecule is CC1CCC(CO)(NC(=O)c2sccc2Cl)CC1. The molecule has 0 saturated heterocycles. The minimum Gasteiger partial charge on any atom is -0.394 e. The summed E-state index contributed by atoms with van der Waals surface area (Å²) < 4.78 is 0. The Balaban J connectivity index is 2.07. The number of halogens is 1. The first-order valence-electron chi connectivity index (χ1n) is 6.23. The van der Waals surface area contributed by atoms with Gasteiger partial charge in [-0.05, 0) is 43.0 Å². The van der Waals surface area contributed by atoms with Crippen molar-refractivity contribution in [1.82, 2.24) is 5.32 Å². The van der Waals surface area contributed by atoms with Gasteiger partial charge in [0.25, 0.3) is 5.91 Å². The number of hydrogen-bond donors (Lipinski definition) is 2. The first kappa shape index (κ1) is 13.8. The van der Waals surface area contributed by atoms with E-state index in [1.54, 1.807) is 11.4 Å². The predicted octanol–water partition coefficient (Wildman–Crippen LogP) is 3.07. The minimum atomic E-state index is -0.461. The molecule has 0 aliphatic heterocycles. The van der Waals surface area contributed by atoms with Crippen molar-refractivity contribution in [1.29, 1.82) is 0 Å². The van der Waals surface area contributed by atoms with Crippen LogP contribution in [0.1, 0.15) is 42.3 Å². The molecule has 0 spiro atoms. The summed E-state index contributed by atoms with van der Waals surface area (Å²) in [5, 5.41) is 14.9. The van der Waals surface area contributed by atoms with E-state index < -0.39 is 5.54 Å². The highest BCUT2D eigenvalue weighted by atomic mass is 35.5. The van der Waals surface area contributed by atoms with Crippen LogP contribution in [0.25, 0.3) is 0 Å². The van der Waals surface area contributed by atoms with Crippen molar-refractivity contribution in [3.05, 3.63) is 21.3 Å². The van der Waals surface area contributed by atoms with Gasteiger partial charge in [-0.15, -0.1) is 11.3 Å². The highest BCUT2D eigenvalue weighted by Gasteiger charge is 2.35. The molecule has 1 aromatic rings. The number of nitrogens with one attached hydrogen (secondary N) is 1. The zero-order valence-corrected chi connectivity index (χ0v) is 12.0. The van der Waals surface area contributed by atoms with E-state index in [1.165, 1.54) is 11.3 Å². The monoisotopic (exact) mass is 287 g/mol. The van der Waals surface area contributed by atoms with Crippen molar-refractivity contribution in [2.24, 2.45) is 5.92 Å². The molecule has 1 aliphatic rings. The van der Waals surface area contributed by atoms with Gasteiger partial charge in [0.15, 0.2) is 0 Å². The Morgan fingerprint density at radius 3 is 2.78 bits per heavy atom. The minimum absolute atomic E-state index is 0.00550. The summed E-state index contributed by atoms with van der Waals surface area (Å²) in [4.78, 5) is 12.7. The molecule has 2 N–H and O–H groups in total. The van der Waals surface area contributed by atoms with Gasteiger partial charge >= 0.3 is 0 Å². The van der Waals surface area contributed by atoms with E-state index in [4.69, 9.17) is 11.6 Å². The molecule has 18 heavy (non-hydrogen) atoms. The largest absolute Gasteiger partial charge is 0.394 e. The van der Waals surface area contributed by atoms with E-state index in [1.807, 2.05) is 0 Å². The van der Waals surface area contributed by atoms with Crippen LogP contribution in [-0.4, -0.2) is 23.2 Å². The summed E-state index contributed by atoms with van der Waals surface area (Å²) in [5.74, 6) is 0.505. The first-order chi connectivity index (χ1) is 8.56. The molecule has 1 saturated carbocycles. The lowest BCUT2D eigenvalue weighted by atomic mass is 9.77. The Bertz CT molecular complexity index is 424. The van der Waals surface area contributed by atoms with Gasteiger partial charge in [-0.25, -0.2) is 0 Å². The summed E-state index contributed by atoms with van der Waals surface area (Å²) in [6, 6.07) is 1.72. The Hall–Kier alpha value is -0.580. The average Bonchev–Trinajstić information content (AvgIpc) is 2.79. The Morgan fingerprint density at radius 2 is 2.28 bits per heavy atom. The summed E-state index contributed by atoms with van der Waals surface area (Å²) in [6.45, 7) is 2.20. The molecule has 1 amide bonds. The predicted molar refractivity (Wildman–Crippen MR) is 74.2 cm³/mol. The van der Waals surface area contributed by atoms with E-state index in [0.717, 1.165) is 25.7 Å². The normalized spacial score (nSPS) is 28.1. The molecule has 5 heteroatoms. The molecule has 100 valence electrons. The highest BCUT2D eigenvalue weighted by molar-refractivity contribution is 7.12. The van der Waals surface area contributed by atoms with Crippen molar-refractivity contribution in [3.63, 3.8) is 0 Å². The third kappa shape index (κ3) is 2.87. The van der Waals surface area contributed by atoms with Crippen LogP contribution in [0.4, 0.5) is 0 Å². The molecule has 1 fully saturated rings.